The maximum Gasteiger partial charge on any atom is 0.237 e. The predicted molar refractivity (Wildman–Crippen MR) is 90.2 cm³/mol. The quantitative estimate of drug-likeness (QED) is 0.812. The van der Waals surface area contributed by atoms with Crippen LogP contribution < -0.4 is 11.1 Å². The van der Waals surface area contributed by atoms with E-state index in [1.54, 1.807) is 0 Å². The van der Waals surface area contributed by atoms with Gasteiger partial charge >= 0.3 is 0 Å². The maximum atomic E-state index is 12.1. The van der Waals surface area contributed by atoms with Gasteiger partial charge in [0.2, 0.25) is 5.91 Å². The second-order valence-electron chi connectivity index (χ2n) is 6.71. The molecule has 1 aliphatic heterocycles. The Morgan fingerprint density at radius 2 is 1.86 bits per heavy atom. The van der Waals surface area contributed by atoms with E-state index in [0.29, 0.717) is 12.5 Å². The van der Waals surface area contributed by atoms with Gasteiger partial charge in [-0.15, -0.1) is 0 Å². The van der Waals surface area contributed by atoms with E-state index in [1.165, 1.54) is 37.1 Å². The van der Waals surface area contributed by atoms with Crippen LogP contribution in [0, 0.1) is 5.92 Å². The summed E-state index contributed by atoms with van der Waals surface area (Å²) in [5.74, 6) is 0.382. The highest BCUT2D eigenvalue weighted by atomic mass is 16.2. The molecule has 1 amide bonds. The van der Waals surface area contributed by atoms with Gasteiger partial charge in [0.1, 0.15) is 0 Å². The second kappa shape index (κ2) is 8.30. The van der Waals surface area contributed by atoms with Gasteiger partial charge in [-0.05, 0) is 49.4 Å². The molecule has 1 aliphatic rings. The van der Waals surface area contributed by atoms with E-state index in [0.717, 1.165) is 13.0 Å². The minimum Gasteiger partial charge on any atom is -0.351 e. The zero-order chi connectivity index (χ0) is 15.9. The van der Waals surface area contributed by atoms with E-state index < -0.39 is 6.04 Å². The number of carbonyl (C=O) groups is 1. The third-order valence-electron chi connectivity index (χ3n) is 4.23. The number of hydrogen-bond donors (Lipinski definition) is 2. The fraction of sp³-hybridized carbons (Fsp3) is 0.611. The SMILES string of the molecule is CC(C)C[C@H](N)C(=O)NCc1ccccc1CN1CCCC1. The molecule has 0 saturated carbocycles. The van der Waals surface area contributed by atoms with Crippen LogP contribution in [0.2, 0.25) is 0 Å². The van der Waals surface area contributed by atoms with Crippen molar-refractivity contribution in [2.24, 2.45) is 11.7 Å². The molecule has 1 saturated heterocycles. The molecule has 2 rings (SSSR count). The zero-order valence-electron chi connectivity index (χ0n) is 13.8. The van der Waals surface area contributed by atoms with Gasteiger partial charge in [-0.1, -0.05) is 38.1 Å². The minimum absolute atomic E-state index is 0.0512. The number of nitrogens with zero attached hydrogens (tertiary/aromatic N) is 1. The van der Waals surface area contributed by atoms with Crippen LogP contribution in [0.5, 0.6) is 0 Å². The summed E-state index contributed by atoms with van der Waals surface area (Å²) in [5, 5.41) is 2.99. The van der Waals surface area contributed by atoms with E-state index >= 15 is 0 Å². The molecule has 1 heterocycles. The number of nitrogens with one attached hydrogen (secondary N) is 1. The Morgan fingerprint density at radius 3 is 2.50 bits per heavy atom. The normalized spacial score (nSPS) is 16.9. The number of benzene rings is 1. The molecule has 0 radical (unpaired) electrons. The topological polar surface area (TPSA) is 58.4 Å². The van der Waals surface area contributed by atoms with Gasteiger partial charge in [0.15, 0.2) is 0 Å². The van der Waals surface area contributed by atoms with Crippen LogP contribution in [0.25, 0.3) is 0 Å². The highest BCUT2D eigenvalue weighted by Crippen LogP contribution is 2.16. The van der Waals surface area contributed by atoms with Crippen molar-refractivity contribution in [3.8, 4) is 0 Å². The van der Waals surface area contributed by atoms with Crippen LogP contribution in [0.1, 0.15) is 44.2 Å². The average molecular weight is 303 g/mol. The number of amides is 1. The number of nitrogens with two attached hydrogens (primary N) is 1. The van der Waals surface area contributed by atoms with Crippen LogP contribution in [-0.4, -0.2) is 29.9 Å². The summed E-state index contributed by atoms with van der Waals surface area (Å²) in [7, 11) is 0. The number of likely N-dealkylation sites (tertiary alicyclic amines) is 1. The van der Waals surface area contributed by atoms with Crippen molar-refractivity contribution in [1.29, 1.82) is 0 Å². The van der Waals surface area contributed by atoms with Crippen LogP contribution in [0.3, 0.4) is 0 Å². The lowest BCUT2D eigenvalue weighted by Gasteiger charge is -2.19. The molecule has 0 aliphatic carbocycles. The van der Waals surface area contributed by atoms with Gasteiger partial charge in [0.05, 0.1) is 6.04 Å². The van der Waals surface area contributed by atoms with E-state index in [-0.39, 0.29) is 5.91 Å². The van der Waals surface area contributed by atoms with Gasteiger partial charge in [-0.3, -0.25) is 9.69 Å². The molecular formula is C18H29N3O. The maximum absolute atomic E-state index is 12.1. The van der Waals surface area contributed by atoms with Gasteiger partial charge < -0.3 is 11.1 Å². The fourth-order valence-corrected chi connectivity index (χ4v) is 2.99. The smallest absolute Gasteiger partial charge is 0.237 e. The Balaban J connectivity index is 1.90. The summed E-state index contributed by atoms with van der Waals surface area (Å²) in [4.78, 5) is 14.5. The molecule has 0 unspecified atom stereocenters. The predicted octanol–water partition coefficient (Wildman–Crippen LogP) is 2.27. The highest BCUT2D eigenvalue weighted by Gasteiger charge is 2.16. The van der Waals surface area contributed by atoms with E-state index in [4.69, 9.17) is 5.73 Å². The molecule has 22 heavy (non-hydrogen) atoms. The Bertz CT molecular complexity index is 481. The first kappa shape index (κ1) is 17.0. The summed E-state index contributed by atoms with van der Waals surface area (Å²) in [6.45, 7) is 8.07. The van der Waals surface area contributed by atoms with Crippen molar-refractivity contribution in [2.75, 3.05) is 13.1 Å². The highest BCUT2D eigenvalue weighted by molar-refractivity contribution is 5.81. The molecule has 122 valence electrons. The summed E-state index contributed by atoms with van der Waals surface area (Å²) in [6, 6.07) is 7.95. The molecule has 4 nitrogen and oxygen atoms in total. The Hall–Kier alpha value is -1.39. The molecule has 0 bridgehead atoms. The fourth-order valence-electron chi connectivity index (χ4n) is 2.99. The first-order valence-electron chi connectivity index (χ1n) is 8.38. The van der Waals surface area contributed by atoms with Crippen LogP contribution >= 0.6 is 0 Å². The molecule has 3 N–H and O–H groups in total. The van der Waals surface area contributed by atoms with Crippen molar-refractivity contribution in [3.63, 3.8) is 0 Å². The largest absolute Gasteiger partial charge is 0.351 e. The monoisotopic (exact) mass is 303 g/mol. The van der Waals surface area contributed by atoms with Crippen molar-refractivity contribution in [3.05, 3.63) is 35.4 Å². The lowest BCUT2D eigenvalue weighted by molar-refractivity contribution is -0.122. The summed E-state index contributed by atoms with van der Waals surface area (Å²) in [6.07, 6.45) is 3.31. The molecule has 1 atom stereocenters. The molecule has 1 aromatic rings. The van der Waals surface area contributed by atoms with Crippen molar-refractivity contribution < 1.29 is 4.79 Å². The zero-order valence-corrected chi connectivity index (χ0v) is 13.8. The summed E-state index contributed by atoms with van der Waals surface area (Å²) < 4.78 is 0. The minimum atomic E-state index is -0.411. The van der Waals surface area contributed by atoms with Crippen molar-refractivity contribution >= 4 is 5.91 Å². The third-order valence-corrected chi connectivity index (χ3v) is 4.23. The molecule has 4 heteroatoms. The number of rotatable bonds is 7. The standard InChI is InChI=1S/C18H29N3O/c1-14(2)11-17(19)18(22)20-12-15-7-3-4-8-16(15)13-21-9-5-6-10-21/h3-4,7-8,14,17H,5-6,9-13,19H2,1-2H3,(H,20,22)/t17-/m0/s1. The van der Waals surface area contributed by atoms with Crippen LogP contribution in [0.15, 0.2) is 24.3 Å². The van der Waals surface area contributed by atoms with E-state index in [2.05, 4.69) is 42.3 Å². The first-order chi connectivity index (χ1) is 10.6. The number of hydrogen-bond acceptors (Lipinski definition) is 3. The second-order valence-corrected chi connectivity index (χ2v) is 6.71. The lowest BCUT2D eigenvalue weighted by atomic mass is 10.0. The Kier molecular flexibility index (Phi) is 6.40. The third kappa shape index (κ3) is 5.11. The number of carbonyl (C=O) groups excluding carboxylic acids is 1. The average Bonchev–Trinajstić information content (AvgIpc) is 2.98. The summed E-state index contributed by atoms with van der Waals surface area (Å²) >= 11 is 0. The van der Waals surface area contributed by atoms with Gasteiger partial charge in [-0.25, -0.2) is 0 Å². The van der Waals surface area contributed by atoms with Gasteiger partial charge in [-0.2, -0.15) is 0 Å². The Morgan fingerprint density at radius 1 is 1.23 bits per heavy atom. The molecule has 1 aromatic carbocycles. The van der Waals surface area contributed by atoms with Crippen molar-refractivity contribution in [2.45, 2.75) is 52.2 Å². The van der Waals surface area contributed by atoms with Crippen molar-refractivity contribution in [1.82, 2.24) is 10.2 Å². The first-order valence-corrected chi connectivity index (χ1v) is 8.38. The van der Waals surface area contributed by atoms with Gasteiger partial charge in [0.25, 0.3) is 0 Å². The molecular weight excluding hydrogens is 274 g/mol. The molecule has 1 fully saturated rings. The Labute approximate surface area is 134 Å². The van der Waals surface area contributed by atoms with Gasteiger partial charge in [0, 0.05) is 13.1 Å². The summed E-state index contributed by atoms with van der Waals surface area (Å²) in [5.41, 5.74) is 8.43. The van der Waals surface area contributed by atoms with E-state index in [9.17, 15) is 4.79 Å². The molecule has 0 aromatic heterocycles. The van der Waals surface area contributed by atoms with Crippen LogP contribution in [0.4, 0.5) is 0 Å². The van der Waals surface area contributed by atoms with E-state index in [1.807, 2.05) is 6.07 Å². The lowest BCUT2D eigenvalue weighted by Crippen LogP contribution is -2.41. The molecule has 0 spiro atoms. The van der Waals surface area contributed by atoms with Crippen LogP contribution in [-0.2, 0) is 17.9 Å².